The lowest BCUT2D eigenvalue weighted by atomic mass is 9.64. The highest BCUT2D eigenvalue weighted by Crippen LogP contribution is 2.56. The standard InChI is InChI=1S/C30H30Cl2N2O3/c1-29(2,3)15-26-30(23(16-33-26)21-9-4-5-10-24(21)32)17-34(25-12-11-20(31)14-22(25)30)27(35)18-7-6-8-19(13-18)28(36)37/h4-14,23,26,33H,15-17H2,1-3H3,(H,36,37)/t23-,26+,30-/m1/s1. The number of amides is 1. The second kappa shape index (κ2) is 9.46. The Balaban J connectivity index is 1.68. The lowest BCUT2D eigenvalue weighted by Gasteiger charge is -2.40. The van der Waals surface area contributed by atoms with Gasteiger partial charge < -0.3 is 15.3 Å². The van der Waals surface area contributed by atoms with Crippen molar-refractivity contribution in [3.05, 3.63) is 99.0 Å². The molecule has 192 valence electrons. The Morgan fingerprint density at radius 3 is 2.46 bits per heavy atom. The second-order valence-electron chi connectivity index (χ2n) is 11.3. The van der Waals surface area contributed by atoms with E-state index in [0.29, 0.717) is 28.7 Å². The van der Waals surface area contributed by atoms with Crippen LogP contribution in [0.3, 0.4) is 0 Å². The molecule has 5 rings (SSSR count). The molecule has 0 saturated carbocycles. The Morgan fingerprint density at radius 2 is 1.76 bits per heavy atom. The van der Waals surface area contributed by atoms with Gasteiger partial charge in [-0.3, -0.25) is 4.79 Å². The zero-order valence-electron chi connectivity index (χ0n) is 21.1. The van der Waals surface area contributed by atoms with Crippen LogP contribution in [0, 0.1) is 5.41 Å². The molecule has 0 aromatic heterocycles. The van der Waals surface area contributed by atoms with Crippen LogP contribution >= 0.6 is 23.2 Å². The molecule has 0 unspecified atom stereocenters. The van der Waals surface area contributed by atoms with Crippen LogP contribution in [-0.2, 0) is 5.41 Å². The summed E-state index contributed by atoms with van der Waals surface area (Å²) in [6.07, 6.45) is 0.885. The summed E-state index contributed by atoms with van der Waals surface area (Å²) in [6.45, 7) is 7.81. The minimum absolute atomic E-state index is 0.00826. The van der Waals surface area contributed by atoms with Gasteiger partial charge in [0.05, 0.1) is 5.56 Å². The van der Waals surface area contributed by atoms with Gasteiger partial charge in [-0.25, -0.2) is 4.79 Å². The van der Waals surface area contributed by atoms with Crippen LogP contribution < -0.4 is 10.2 Å². The van der Waals surface area contributed by atoms with Crippen molar-refractivity contribution < 1.29 is 14.7 Å². The normalized spacial score (nSPS) is 22.9. The number of benzene rings is 3. The third-order valence-corrected chi connectivity index (χ3v) is 8.26. The van der Waals surface area contributed by atoms with Crippen LogP contribution in [-0.4, -0.2) is 36.1 Å². The number of nitrogens with one attached hydrogen (secondary N) is 1. The molecule has 2 aliphatic rings. The Kier molecular flexibility index (Phi) is 6.59. The molecule has 7 heteroatoms. The molecule has 0 aliphatic carbocycles. The van der Waals surface area contributed by atoms with Gasteiger partial charge in [-0.05, 0) is 65.4 Å². The molecule has 0 radical (unpaired) electrons. The quantitative estimate of drug-likeness (QED) is 0.385. The van der Waals surface area contributed by atoms with Crippen molar-refractivity contribution in [3.8, 4) is 0 Å². The molecular formula is C30H30Cl2N2O3. The van der Waals surface area contributed by atoms with E-state index in [0.717, 1.165) is 23.2 Å². The highest BCUT2D eigenvalue weighted by atomic mass is 35.5. The third-order valence-electron chi connectivity index (χ3n) is 7.68. The Morgan fingerprint density at radius 1 is 1.03 bits per heavy atom. The number of aromatic carboxylic acids is 1. The average Bonchev–Trinajstić information content (AvgIpc) is 3.36. The number of carboxylic acid groups (broad SMARTS) is 1. The number of carbonyl (C=O) groups is 2. The summed E-state index contributed by atoms with van der Waals surface area (Å²) >= 11 is 13.3. The van der Waals surface area contributed by atoms with Crippen LogP contribution in [0.2, 0.25) is 10.0 Å². The summed E-state index contributed by atoms with van der Waals surface area (Å²) in [4.78, 5) is 27.3. The van der Waals surface area contributed by atoms with E-state index in [1.165, 1.54) is 12.1 Å². The fourth-order valence-electron chi connectivity index (χ4n) is 6.15. The van der Waals surface area contributed by atoms with E-state index in [4.69, 9.17) is 23.2 Å². The van der Waals surface area contributed by atoms with Crippen molar-refractivity contribution in [2.24, 2.45) is 5.41 Å². The van der Waals surface area contributed by atoms with Crippen molar-refractivity contribution >= 4 is 40.8 Å². The summed E-state index contributed by atoms with van der Waals surface area (Å²) in [6, 6.07) is 19.9. The molecule has 0 bridgehead atoms. The predicted octanol–water partition coefficient (Wildman–Crippen LogP) is 6.78. The maximum Gasteiger partial charge on any atom is 0.335 e. The Bertz CT molecular complexity index is 1380. The van der Waals surface area contributed by atoms with E-state index in [9.17, 15) is 14.7 Å². The fourth-order valence-corrected chi connectivity index (χ4v) is 6.59. The molecule has 1 amide bonds. The lowest BCUT2D eigenvalue weighted by molar-refractivity contribution is 0.0697. The summed E-state index contributed by atoms with van der Waals surface area (Å²) in [5.74, 6) is -1.29. The van der Waals surface area contributed by atoms with E-state index in [2.05, 4.69) is 32.2 Å². The number of carbonyl (C=O) groups excluding carboxylic acids is 1. The monoisotopic (exact) mass is 536 g/mol. The van der Waals surface area contributed by atoms with Crippen LogP contribution in [0.25, 0.3) is 0 Å². The molecule has 2 heterocycles. The molecule has 37 heavy (non-hydrogen) atoms. The number of anilines is 1. The first-order valence-corrected chi connectivity index (χ1v) is 13.2. The molecule has 1 saturated heterocycles. The highest BCUT2D eigenvalue weighted by Gasteiger charge is 2.58. The molecule has 3 atom stereocenters. The van der Waals surface area contributed by atoms with Crippen molar-refractivity contribution in [2.45, 2.75) is 44.6 Å². The van der Waals surface area contributed by atoms with Gasteiger partial charge in [-0.2, -0.15) is 0 Å². The first-order chi connectivity index (χ1) is 17.5. The van der Waals surface area contributed by atoms with Crippen molar-refractivity contribution in [1.82, 2.24) is 5.32 Å². The summed E-state index contributed by atoms with van der Waals surface area (Å²) in [7, 11) is 0. The number of carboxylic acids is 1. The smallest absolute Gasteiger partial charge is 0.335 e. The van der Waals surface area contributed by atoms with Gasteiger partial charge >= 0.3 is 5.97 Å². The fraction of sp³-hybridized carbons (Fsp3) is 0.333. The molecule has 2 N–H and O–H groups in total. The van der Waals surface area contributed by atoms with Gasteiger partial charge in [0, 0.05) is 51.8 Å². The van der Waals surface area contributed by atoms with Gasteiger partial charge in [0.2, 0.25) is 0 Å². The molecule has 2 aliphatic heterocycles. The molecule has 3 aromatic rings. The van der Waals surface area contributed by atoms with Crippen molar-refractivity contribution in [3.63, 3.8) is 0 Å². The summed E-state index contributed by atoms with van der Waals surface area (Å²) in [5.41, 5.74) is 2.84. The number of fused-ring (bicyclic) bond motifs is 2. The van der Waals surface area contributed by atoms with Crippen LogP contribution in [0.4, 0.5) is 5.69 Å². The van der Waals surface area contributed by atoms with E-state index in [1.54, 1.807) is 23.1 Å². The number of hydrogen-bond donors (Lipinski definition) is 2. The predicted molar refractivity (Wildman–Crippen MR) is 148 cm³/mol. The van der Waals surface area contributed by atoms with E-state index in [1.807, 2.05) is 30.3 Å². The number of hydrogen-bond acceptors (Lipinski definition) is 3. The second-order valence-corrected chi connectivity index (χ2v) is 12.1. The number of halogens is 2. The lowest BCUT2D eigenvalue weighted by Crippen LogP contribution is -2.49. The van der Waals surface area contributed by atoms with Gasteiger partial charge in [0.1, 0.15) is 0 Å². The first kappa shape index (κ1) is 25.8. The minimum Gasteiger partial charge on any atom is -0.478 e. The number of nitrogens with zero attached hydrogens (tertiary/aromatic N) is 1. The molecule has 1 spiro atoms. The Hall–Kier alpha value is -2.86. The minimum atomic E-state index is -1.07. The van der Waals surface area contributed by atoms with Gasteiger partial charge in [-0.15, -0.1) is 0 Å². The van der Waals surface area contributed by atoms with Crippen LogP contribution in [0.1, 0.15) is 65.0 Å². The van der Waals surface area contributed by atoms with Gasteiger partial charge in [-0.1, -0.05) is 68.2 Å². The topological polar surface area (TPSA) is 69.6 Å². The van der Waals surface area contributed by atoms with Crippen molar-refractivity contribution in [2.75, 3.05) is 18.0 Å². The highest BCUT2D eigenvalue weighted by molar-refractivity contribution is 6.31. The van der Waals surface area contributed by atoms with Gasteiger partial charge in [0.25, 0.3) is 5.91 Å². The van der Waals surface area contributed by atoms with E-state index in [-0.39, 0.29) is 28.8 Å². The van der Waals surface area contributed by atoms with E-state index >= 15 is 0 Å². The van der Waals surface area contributed by atoms with Crippen molar-refractivity contribution in [1.29, 1.82) is 0 Å². The summed E-state index contributed by atoms with van der Waals surface area (Å²) < 4.78 is 0. The van der Waals surface area contributed by atoms with E-state index < -0.39 is 11.4 Å². The molecular weight excluding hydrogens is 507 g/mol. The zero-order chi connectivity index (χ0) is 26.5. The van der Waals surface area contributed by atoms with Gasteiger partial charge in [0.15, 0.2) is 0 Å². The maximum absolute atomic E-state index is 14.0. The summed E-state index contributed by atoms with van der Waals surface area (Å²) in [5, 5.41) is 14.6. The number of rotatable bonds is 4. The molecule has 5 nitrogen and oxygen atoms in total. The van der Waals surface area contributed by atoms with Crippen LogP contribution in [0.15, 0.2) is 66.7 Å². The third kappa shape index (κ3) is 4.54. The molecule has 1 fully saturated rings. The largest absolute Gasteiger partial charge is 0.478 e. The first-order valence-electron chi connectivity index (χ1n) is 12.4. The average molecular weight is 537 g/mol. The molecule has 3 aromatic carbocycles. The maximum atomic E-state index is 14.0. The van der Waals surface area contributed by atoms with Crippen LogP contribution in [0.5, 0.6) is 0 Å². The SMILES string of the molecule is CC(C)(C)C[C@@H]1NC[C@H](c2ccccc2Cl)[C@]12CN(C(=O)c1cccc(C(=O)O)c1)c1ccc(Cl)cc12. The zero-order valence-corrected chi connectivity index (χ0v) is 22.6. The Labute approximate surface area is 227 Å².